The monoisotopic (exact) mass is 325 g/mol. The van der Waals surface area contributed by atoms with Gasteiger partial charge in [-0.3, -0.25) is 4.79 Å². The smallest absolute Gasteiger partial charge is 0.254 e. The van der Waals surface area contributed by atoms with Gasteiger partial charge in [0.15, 0.2) is 0 Å². The van der Waals surface area contributed by atoms with Crippen molar-refractivity contribution in [1.29, 1.82) is 0 Å². The van der Waals surface area contributed by atoms with Crippen LogP contribution in [0.15, 0.2) is 42.6 Å². The number of anilines is 1. The lowest BCUT2D eigenvalue weighted by Crippen LogP contribution is -2.40. The summed E-state index contributed by atoms with van der Waals surface area (Å²) in [7, 11) is 2.10. The van der Waals surface area contributed by atoms with Crippen LogP contribution in [0.25, 0.3) is 0 Å². The third-order valence-corrected chi connectivity index (χ3v) is 5.00. The van der Waals surface area contributed by atoms with Crippen molar-refractivity contribution in [1.82, 2.24) is 9.47 Å². The van der Waals surface area contributed by atoms with E-state index in [1.165, 1.54) is 24.2 Å². The number of fused-ring (bicyclic) bond motifs is 1. The fourth-order valence-corrected chi connectivity index (χ4v) is 3.41. The summed E-state index contributed by atoms with van der Waals surface area (Å²) in [5, 5.41) is 0. The van der Waals surface area contributed by atoms with Gasteiger partial charge in [-0.25, -0.2) is 0 Å². The maximum atomic E-state index is 12.9. The topological polar surface area (TPSA) is 28.5 Å². The third kappa shape index (κ3) is 3.18. The number of carbonyl (C=O) groups is 1. The molecule has 0 aliphatic carbocycles. The molecule has 0 spiro atoms. The molecule has 1 aliphatic heterocycles. The van der Waals surface area contributed by atoms with Crippen LogP contribution >= 0.6 is 0 Å². The van der Waals surface area contributed by atoms with Crippen molar-refractivity contribution in [2.75, 3.05) is 25.0 Å². The van der Waals surface area contributed by atoms with Crippen molar-refractivity contribution in [3.63, 3.8) is 0 Å². The Morgan fingerprint density at radius 1 is 1.21 bits per heavy atom. The van der Waals surface area contributed by atoms with Crippen molar-refractivity contribution in [3.05, 3.63) is 53.9 Å². The van der Waals surface area contributed by atoms with Crippen LogP contribution in [0.5, 0.6) is 0 Å². The second-order valence-electron chi connectivity index (χ2n) is 6.62. The Morgan fingerprint density at radius 2 is 1.96 bits per heavy atom. The Labute approximate surface area is 144 Å². The molecule has 0 N–H and O–H groups in total. The summed E-state index contributed by atoms with van der Waals surface area (Å²) in [5.74, 6) is 0.123. The second kappa shape index (κ2) is 7.12. The van der Waals surface area contributed by atoms with Crippen LogP contribution < -0.4 is 4.90 Å². The number of benzene rings is 1. The van der Waals surface area contributed by atoms with Crippen LogP contribution in [0, 0.1) is 0 Å². The number of carbonyl (C=O) groups excluding carboxylic acids is 1. The molecule has 1 unspecified atom stereocenters. The molecule has 1 atom stereocenters. The molecule has 0 radical (unpaired) electrons. The van der Waals surface area contributed by atoms with Gasteiger partial charge in [-0.1, -0.05) is 13.3 Å². The quantitative estimate of drug-likeness (QED) is 0.833. The zero-order valence-electron chi connectivity index (χ0n) is 14.9. The molecular weight excluding hydrogens is 298 g/mol. The minimum atomic E-state index is 0.119. The van der Waals surface area contributed by atoms with Crippen molar-refractivity contribution >= 4 is 11.6 Å². The van der Waals surface area contributed by atoms with E-state index in [0.29, 0.717) is 0 Å². The van der Waals surface area contributed by atoms with E-state index in [1.807, 2.05) is 17.0 Å². The molecule has 24 heavy (non-hydrogen) atoms. The molecule has 1 aromatic carbocycles. The van der Waals surface area contributed by atoms with Gasteiger partial charge in [-0.05, 0) is 49.7 Å². The lowest BCUT2D eigenvalue weighted by atomic mass is 10.1. The van der Waals surface area contributed by atoms with Gasteiger partial charge in [0.25, 0.3) is 5.91 Å². The van der Waals surface area contributed by atoms with E-state index < -0.39 is 0 Å². The minimum Gasteiger partial charge on any atom is -0.375 e. The summed E-state index contributed by atoms with van der Waals surface area (Å²) in [5.41, 5.74) is 3.15. The third-order valence-electron chi connectivity index (χ3n) is 5.00. The number of rotatable bonds is 5. The summed E-state index contributed by atoms with van der Waals surface area (Å²) in [6, 6.07) is 12.3. The first-order valence-corrected chi connectivity index (χ1v) is 8.89. The Kier molecular flexibility index (Phi) is 4.93. The average Bonchev–Trinajstić information content (AvgIpc) is 3.09. The van der Waals surface area contributed by atoms with E-state index in [9.17, 15) is 4.79 Å². The van der Waals surface area contributed by atoms with Crippen LogP contribution in [0.2, 0.25) is 0 Å². The maximum absolute atomic E-state index is 12.9. The van der Waals surface area contributed by atoms with E-state index in [2.05, 4.69) is 60.8 Å². The standard InChI is InChI=1S/C20H27N3O/c1-4-5-12-21(3)18-10-8-17(9-11-18)20(24)23-15-14-22-13-6-7-19(22)16(23)2/h6-11,13,16H,4-5,12,14-15H2,1-3H3. The fraction of sp³-hybridized carbons (Fsp3) is 0.450. The summed E-state index contributed by atoms with van der Waals surface area (Å²) in [6.07, 6.45) is 4.46. The Hall–Kier alpha value is -2.23. The van der Waals surface area contributed by atoms with Crippen molar-refractivity contribution in [2.24, 2.45) is 0 Å². The Balaban J connectivity index is 1.72. The molecule has 0 bridgehead atoms. The molecule has 2 aromatic rings. The number of unbranched alkanes of at least 4 members (excludes halogenated alkanes) is 1. The summed E-state index contributed by atoms with van der Waals surface area (Å²) >= 11 is 0. The van der Waals surface area contributed by atoms with E-state index in [0.717, 1.165) is 25.2 Å². The zero-order chi connectivity index (χ0) is 17.1. The number of aromatic nitrogens is 1. The van der Waals surface area contributed by atoms with E-state index >= 15 is 0 Å². The molecule has 0 fully saturated rings. The second-order valence-corrected chi connectivity index (χ2v) is 6.62. The van der Waals surface area contributed by atoms with Gasteiger partial charge >= 0.3 is 0 Å². The maximum Gasteiger partial charge on any atom is 0.254 e. The molecule has 1 amide bonds. The van der Waals surface area contributed by atoms with E-state index in [4.69, 9.17) is 0 Å². The van der Waals surface area contributed by atoms with Gasteiger partial charge in [-0.15, -0.1) is 0 Å². The number of hydrogen-bond acceptors (Lipinski definition) is 2. The van der Waals surface area contributed by atoms with E-state index in [-0.39, 0.29) is 11.9 Å². The van der Waals surface area contributed by atoms with Gasteiger partial charge in [0.2, 0.25) is 0 Å². The molecule has 2 heterocycles. The Bertz CT molecular complexity index is 689. The van der Waals surface area contributed by atoms with Crippen molar-refractivity contribution in [3.8, 4) is 0 Å². The molecule has 128 valence electrons. The minimum absolute atomic E-state index is 0.119. The molecule has 4 heteroatoms. The lowest BCUT2D eigenvalue weighted by molar-refractivity contribution is 0.0644. The predicted molar refractivity (Wildman–Crippen MR) is 98.5 cm³/mol. The van der Waals surface area contributed by atoms with Gasteiger partial charge < -0.3 is 14.4 Å². The number of amides is 1. The van der Waals surface area contributed by atoms with Gasteiger partial charge in [-0.2, -0.15) is 0 Å². The lowest BCUT2D eigenvalue weighted by Gasteiger charge is -2.35. The number of hydrogen-bond donors (Lipinski definition) is 0. The van der Waals surface area contributed by atoms with Crippen LogP contribution in [-0.2, 0) is 6.54 Å². The summed E-state index contributed by atoms with van der Waals surface area (Å²) in [6.45, 7) is 6.99. The molecule has 3 rings (SSSR count). The molecule has 0 saturated carbocycles. The largest absolute Gasteiger partial charge is 0.375 e. The SMILES string of the molecule is CCCCN(C)c1ccc(C(=O)N2CCn3cccc3C2C)cc1. The molecule has 4 nitrogen and oxygen atoms in total. The molecular formula is C20H27N3O. The average molecular weight is 325 g/mol. The highest BCUT2D eigenvalue weighted by Gasteiger charge is 2.27. The molecule has 1 aliphatic rings. The van der Waals surface area contributed by atoms with E-state index in [1.54, 1.807) is 0 Å². The highest BCUT2D eigenvalue weighted by atomic mass is 16.2. The highest BCUT2D eigenvalue weighted by Crippen LogP contribution is 2.27. The zero-order valence-corrected chi connectivity index (χ0v) is 14.9. The normalized spacial score (nSPS) is 16.8. The van der Waals surface area contributed by atoms with Crippen molar-refractivity contribution < 1.29 is 4.79 Å². The van der Waals surface area contributed by atoms with Gasteiger partial charge in [0, 0.05) is 49.8 Å². The van der Waals surface area contributed by atoms with Crippen LogP contribution in [0.3, 0.4) is 0 Å². The van der Waals surface area contributed by atoms with Crippen molar-refractivity contribution in [2.45, 2.75) is 39.3 Å². The predicted octanol–water partition coefficient (Wildman–Crippen LogP) is 3.94. The molecule has 0 saturated heterocycles. The summed E-state index contributed by atoms with van der Waals surface area (Å²) < 4.78 is 2.24. The molecule has 1 aromatic heterocycles. The first-order chi connectivity index (χ1) is 11.6. The Morgan fingerprint density at radius 3 is 2.67 bits per heavy atom. The van der Waals surface area contributed by atoms with Gasteiger partial charge in [0.1, 0.15) is 0 Å². The van der Waals surface area contributed by atoms with Crippen LogP contribution in [0.1, 0.15) is 48.8 Å². The van der Waals surface area contributed by atoms with Gasteiger partial charge in [0.05, 0.1) is 6.04 Å². The van der Waals surface area contributed by atoms with Crippen LogP contribution in [0.4, 0.5) is 5.69 Å². The summed E-state index contributed by atoms with van der Waals surface area (Å²) in [4.78, 5) is 17.1. The first-order valence-electron chi connectivity index (χ1n) is 8.89. The first kappa shape index (κ1) is 16.6. The fourth-order valence-electron chi connectivity index (χ4n) is 3.41. The van der Waals surface area contributed by atoms with Crippen LogP contribution in [-0.4, -0.2) is 35.5 Å². The highest BCUT2D eigenvalue weighted by molar-refractivity contribution is 5.95. The number of nitrogens with zero attached hydrogens (tertiary/aromatic N) is 3.